The molecule has 0 unspecified atom stereocenters. The van der Waals surface area contributed by atoms with Gasteiger partial charge in [0.2, 0.25) is 5.91 Å². The summed E-state index contributed by atoms with van der Waals surface area (Å²) < 4.78 is 44.5. The van der Waals surface area contributed by atoms with Crippen LogP contribution in [0.2, 0.25) is 0 Å². The van der Waals surface area contributed by atoms with Crippen LogP contribution in [0.15, 0.2) is 54.6 Å². The Kier molecular flexibility index (Phi) is 7.85. The van der Waals surface area contributed by atoms with E-state index in [1.807, 2.05) is 6.07 Å². The third-order valence-electron chi connectivity index (χ3n) is 9.80. The molecule has 4 heterocycles. The number of hydrogen-bond acceptors (Lipinski definition) is 4. The fraction of sp³-hybridized carbons (Fsp3) is 0.562. The second kappa shape index (κ2) is 11.4. The Morgan fingerprint density at radius 2 is 1.63 bits per heavy atom. The quantitative estimate of drug-likeness (QED) is 0.333. The zero-order valence-corrected chi connectivity index (χ0v) is 23.7. The van der Waals surface area contributed by atoms with Gasteiger partial charge in [0.05, 0.1) is 11.0 Å². The van der Waals surface area contributed by atoms with Gasteiger partial charge in [-0.25, -0.2) is 4.98 Å². The summed E-state index contributed by atoms with van der Waals surface area (Å²) >= 11 is 0. The molecule has 6 nitrogen and oxygen atoms in total. The highest BCUT2D eigenvalue weighted by atomic mass is 19.4. The Bertz CT molecular complexity index is 1340. The first-order valence-electron chi connectivity index (χ1n) is 14.9. The summed E-state index contributed by atoms with van der Waals surface area (Å²) in [7, 11) is 0. The fourth-order valence-corrected chi connectivity index (χ4v) is 7.79. The van der Waals surface area contributed by atoms with Gasteiger partial charge in [0.25, 0.3) is 0 Å². The lowest BCUT2D eigenvalue weighted by molar-refractivity contribution is -0.178. The van der Waals surface area contributed by atoms with Crippen molar-refractivity contribution in [3.05, 3.63) is 66.0 Å². The van der Waals surface area contributed by atoms with Crippen LogP contribution in [0.3, 0.4) is 0 Å². The number of piperidine rings is 2. The molecule has 3 fully saturated rings. The largest absolute Gasteiger partial charge is 0.411 e. The molecule has 3 aliphatic rings. The first kappa shape index (κ1) is 28.2. The van der Waals surface area contributed by atoms with E-state index < -0.39 is 19.4 Å². The van der Waals surface area contributed by atoms with E-state index in [-0.39, 0.29) is 11.3 Å². The minimum Gasteiger partial charge on any atom is -0.362 e. The maximum absolute atomic E-state index is 12.6. The molecule has 0 spiro atoms. The topological polar surface area (TPSA) is 50.6 Å². The Morgan fingerprint density at radius 1 is 0.976 bits per heavy atom. The third kappa shape index (κ3) is 5.89. The Hall–Kier alpha value is -2.91. The van der Waals surface area contributed by atoms with E-state index in [2.05, 4.69) is 69.7 Å². The second-order valence-corrected chi connectivity index (χ2v) is 12.2. The SMILES string of the molecule is Cc1nc2ccccc2n1[C@H]1C[C@H]2CC[C@@H](C1)N2CCC1(c2ccccc2)CCN(C(=O)COCC(F)(F)F)CC1. The van der Waals surface area contributed by atoms with Crippen molar-refractivity contribution >= 4 is 16.9 Å². The van der Waals surface area contributed by atoms with Crippen LogP contribution in [0.5, 0.6) is 0 Å². The molecule has 41 heavy (non-hydrogen) atoms. The van der Waals surface area contributed by atoms with E-state index in [1.165, 1.54) is 23.9 Å². The number of carbonyl (C=O) groups is 1. The van der Waals surface area contributed by atoms with Gasteiger partial charge in [0.1, 0.15) is 19.0 Å². The Balaban J connectivity index is 1.12. The van der Waals surface area contributed by atoms with Gasteiger partial charge in [-0.3, -0.25) is 9.69 Å². The van der Waals surface area contributed by atoms with Gasteiger partial charge in [-0.15, -0.1) is 0 Å². The molecular formula is C32H39F3N4O2. The van der Waals surface area contributed by atoms with Crippen LogP contribution in [-0.4, -0.2) is 76.4 Å². The van der Waals surface area contributed by atoms with Crippen LogP contribution < -0.4 is 0 Å². The molecule has 0 radical (unpaired) electrons. The van der Waals surface area contributed by atoms with Crippen molar-refractivity contribution in [1.82, 2.24) is 19.4 Å². The van der Waals surface area contributed by atoms with Crippen LogP contribution in [0, 0.1) is 6.92 Å². The molecule has 3 aromatic rings. The van der Waals surface area contributed by atoms with Crippen LogP contribution in [0.25, 0.3) is 11.0 Å². The molecule has 220 valence electrons. The monoisotopic (exact) mass is 568 g/mol. The maximum atomic E-state index is 12.6. The number of likely N-dealkylation sites (tertiary alicyclic amines) is 1. The number of ether oxygens (including phenoxy) is 1. The number of nitrogens with zero attached hydrogens (tertiary/aromatic N) is 4. The zero-order chi connectivity index (χ0) is 28.6. The molecule has 0 N–H and O–H groups in total. The highest BCUT2D eigenvalue weighted by molar-refractivity contribution is 5.77. The molecule has 9 heteroatoms. The minimum absolute atomic E-state index is 0.0572. The number of para-hydroxylation sites is 2. The van der Waals surface area contributed by atoms with Crippen LogP contribution in [0.4, 0.5) is 13.2 Å². The number of alkyl halides is 3. The number of fused-ring (bicyclic) bond motifs is 3. The smallest absolute Gasteiger partial charge is 0.362 e. The van der Waals surface area contributed by atoms with Crippen molar-refractivity contribution in [2.75, 3.05) is 32.8 Å². The number of carbonyl (C=O) groups excluding carboxylic acids is 1. The lowest BCUT2D eigenvalue weighted by atomic mass is 9.70. The van der Waals surface area contributed by atoms with Gasteiger partial charge in [-0.1, -0.05) is 42.5 Å². The average molecular weight is 569 g/mol. The van der Waals surface area contributed by atoms with E-state index in [4.69, 9.17) is 4.98 Å². The summed E-state index contributed by atoms with van der Waals surface area (Å²) in [4.78, 5) is 21.8. The maximum Gasteiger partial charge on any atom is 0.411 e. The summed E-state index contributed by atoms with van der Waals surface area (Å²) in [5.74, 6) is 0.732. The molecule has 1 aromatic heterocycles. The van der Waals surface area contributed by atoms with Crippen molar-refractivity contribution in [3.8, 4) is 0 Å². The number of halogens is 3. The van der Waals surface area contributed by atoms with Crippen molar-refractivity contribution in [3.63, 3.8) is 0 Å². The van der Waals surface area contributed by atoms with Crippen LogP contribution >= 0.6 is 0 Å². The van der Waals surface area contributed by atoms with E-state index >= 15 is 0 Å². The third-order valence-corrected chi connectivity index (χ3v) is 9.80. The predicted molar refractivity (Wildman–Crippen MR) is 152 cm³/mol. The van der Waals surface area contributed by atoms with Gasteiger partial charge in [0, 0.05) is 31.2 Å². The molecule has 3 saturated heterocycles. The summed E-state index contributed by atoms with van der Waals surface area (Å²) in [6.07, 6.45) is 2.91. The number of aromatic nitrogens is 2. The van der Waals surface area contributed by atoms with Crippen LogP contribution in [-0.2, 0) is 14.9 Å². The predicted octanol–water partition coefficient (Wildman–Crippen LogP) is 6.04. The molecule has 2 bridgehead atoms. The summed E-state index contributed by atoms with van der Waals surface area (Å²) in [6.45, 7) is 2.29. The van der Waals surface area contributed by atoms with E-state index in [0.29, 0.717) is 31.2 Å². The Labute approximate surface area is 239 Å². The molecule has 0 aliphatic carbocycles. The molecule has 3 aliphatic heterocycles. The van der Waals surface area contributed by atoms with Gasteiger partial charge < -0.3 is 14.2 Å². The molecule has 6 rings (SSSR count). The van der Waals surface area contributed by atoms with Crippen LogP contribution in [0.1, 0.15) is 62.4 Å². The van der Waals surface area contributed by atoms with Crippen molar-refractivity contribution in [1.29, 1.82) is 0 Å². The number of rotatable bonds is 8. The van der Waals surface area contributed by atoms with Gasteiger partial charge in [-0.05, 0) is 81.5 Å². The molecular weight excluding hydrogens is 529 g/mol. The first-order chi connectivity index (χ1) is 19.7. The normalized spacial score (nSPS) is 24.7. The second-order valence-electron chi connectivity index (χ2n) is 12.2. The van der Waals surface area contributed by atoms with Crippen molar-refractivity contribution in [2.24, 2.45) is 0 Å². The van der Waals surface area contributed by atoms with E-state index in [0.717, 1.165) is 50.0 Å². The lowest BCUT2D eigenvalue weighted by Crippen LogP contribution is -2.49. The highest BCUT2D eigenvalue weighted by Crippen LogP contribution is 2.45. The molecule has 3 atom stereocenters. The summed E-state index contributed by atoms with van der Waals surface area (Å²) in [5, 5.41) is 0. The summed E-state index contributed by atoms with van der Waals surface area (Å²) in [5.41, 5.74) is 3.54. The summed E-state index contributed by atoms with van der Waals surface area (Å²) in [6, 6.07) is 20.6. The number of benzene rings is 2. The van der Waals surface area contributed by atoms with Gasteiger partial charge in [-0.2, -0.15) is 13.2 Å². The standard InChI is InChI=1S/C32H39F3N4O2/c1-23-36-28-9-5-6-10-29(28)39(23)27-19-25-11-12-26(20-27)38(25)18-15-31(24-7-3-2-4-8-24)13-16-37(17-14-31)30(40)21-41-22-32(33,34)35/h2-10,25-27H,11-22H2,1H3/t25-,26+,27+. The number of aryl methyl sites for hydroxylation is 1. The number of amides is 1. The molecule has 0 saturated carbocycles. The van der Waals surface area contributed by atoms with Crippen molar-refractivity contribution in [2.45, 2.75) is 81.6 Å². The minimum atomic E-state index is -4.43. The van der Waals surface area contributed by atoms with Gasteiger partial charge >= 0.3 is 6.18 Å². The highest BCUT2D eigenvalue weighted by Gasteiger charge is 2.44. The van der Waals surface area contributed by atoms with Gasteiger partial charge in [0.15, 0.2) is 0 Å². The lowest BCUT2D eigenvalue weighted by Gasteiger charge is -2.45. The number of hydrogen-bond donors (Lipinski definition) is 0. The van der Waals surface area contributed by atoms with E-state index in [1.54, 1.807) is 4.90 Å². The number of imidazole rings is 1. The average Bonchev–Trinajstić information content (AvgIpc) is 3.42. The Morgan fingerprint density at radius 3 is 2.32 bits per heavy atom. The first-order valence-corrected chi connectivity index (χ1v) is 14.9. The van der Waals surface area contributed by atoms with E-state index in [9.17, 15) is 18.0 Å². The van der Waals surface area contributed by atoms with Crippen molar-refractivity contribution < 1.29 is 22.7 Å². The fourth-order valence-electron chi connectivity index (χ4n) is 7.79. The molecule has 2 aromatic carbocycles. The molecule has 1 amide bonds. The zero-order valence-electron chi connectivity index (χ0n) is 23.7.